The van der Waals surface area contributed by atoms with Crippen LogP contribution < -0.4 is 5.73 Å². The Morgan fingerprint density at radius 2 is 2.29 bits per heavy atom. The van der Waals surface area contributed by atoms with Crippen molar-refractivity contribution in [2.24, 2.45) is 0 Å². The van der Waals surface area contributed by atoms with Gasteiger partial charge in [0.15, 0.2) is 0 Å². The van der Waals surface area contributed by atoms with E-state index in [2.05, 4.69) is 15.9 Å². The first-order valence-electron chi connectivity index (χ1n) is 5.03. The number of ether oxygens (including phenoxy) is 1. The Hall–Kier alpha value is -0.750. The van der Waals surface area contributed by atoms with E-state index < -0.39 is 5.82 Å². The number of anilines is 1. The summed E-state index contributed by atoms with van der Waals surface area (Å²) in [6, 6.07) is 2.79. The summed E-state index contributed by atoms with van der Waals surface area (Å²) in [5.74, 6) is -0.780. The molecule has 0 heterocycles. The van der Waals surface area contributed by atoms with Crippen molar-refractivity contribution in [1.82, 2.24) is 0 Å². The lowest BCUT2D eigenvalue weighted by Gasteiger charge is -2.12. The van der Waals surface area contributed by atoms with E-state index in [1.165, 1.54) is 23.9 Å². The average Bonchev–Trinajstić information content (AvgIpc) is 2.26. The first-order chi connectivity index (χ1) is 7.95. The van der Waals surface area contributed by atoms with Gasteiger partial charge in [-0.1, -0.05) is 0 Å². The molecule has 0 aromatic heterocycles. The second-order valence-electron chi connectivity index (χ2n) is 3.32. The Bertz CT molecular complexity index is 428. The molecule has 1 rings (SSSR count). The SMILES string of the molecule is CCOC(=O)C(C)Sc1cc(N)c(F)cc1Br. The van der Waals surface area contributed by atoms with Gasteiger partial charge in [0.1, 0.15) is 11.1 Å². The molecular weight excluding hydrogens is 309 g/mol. The molecule has 94 valence electrons. The third-order valence-corrected chi connectivity index (χ3v) is 4.03. The molecule has 1 aromatic rings. The van der Waals surface area contributed by atoms with Crippen LogP contribution in [0.15, 0.2) is 21.5 Å². The van der Waals surface area contributed by atoms with Crippen LogP contribution in [0.4, 0.5) is 10.1 Å². The highest BCUT2D eigenvalue weighted by atomic mass is 79.9. The maximum atomic E-state index is 13.1. The Labute approximate surface area is 112 Å². The quantitative estimate of drug-likeness (QED) is 0.525. The van der Waals surface area contributed by atoms with Gasteiger partial charge < -0.3 is 10.5 Å². The van der Waals surface area contributed by atoms with Crippen molar-refractivity contribution >= 4 is 39.3 Å². The van der Waals surface area contributed by atoms with E-state index in [-0.39, 0.29) is 16.9 Å². The summed E-state index contributed by atoms with van der Waals surface area (Å²) in [4.78, 5) is 12.2. The van der Waals surface area contributed by atoms with Crippen LogP contribution in [0.2, 0.25) is 0 Å². The van der Waals surface area contributed by atoms with Crippen molar-refractivity contribution in [3.8, 4) is 0 Å². The second kappa shape index (κ2) is 6.26. The molecule has 0 radical (unpaired) electrons. The molecule has 0 aliphatic rings. The van der Waals surface area contributed by atoms with E-state index in [4.69, 9.17) is 10.5 Å². The van der Waals surface area contributed by atoms with Gasteiger partial charge in [0, 0.05) is 9.37 Å². The third-order valence-electron chi connectivity index (χ3n) is 1.97. The molecule has 1 atom stereocenters. The molecule has 6 heteroatoms. The number of hydrogen-bond acceptors (Lipinski definition) is 4. The average molecular weight is 322 g/mol. The van der Waals surface area contributed by atoms with Crippen molar-refractivity contribution in [2.45, 2.75) is 24.0 Å². The number of carbonyl (C=O) groups excluding carboxylic acids is 1. The van der Waals surface area contributed by atoms with Crippen LogP contribution in [0.1, 0.15) is 13.8 Å². The normalized spacial score (nSPS) is 12.2. The number of benzene rings is 1. The number of esters is 1. The van der Waals surface area contributed by atoms with Crippen molar-refractivity contribution in [1.29, 1.82) is 0 Å². The molecule has 1 aromatic carbocycles. The minimum Gasteiger partial charge on any atom is -0.465 e. The highest BCUT2D eigenvalue weighted by Gasteiger charge is 2.17. The van der Waals surface area contributed by atoms with Gasteiger partial charge >= 0.3 is 5.97 Å². The van der Waals surface area contributed by atoms with Crippen LogP contribution in [0.25, 0.3) is 0 Å². The summed E-state index contributed by atoms with van der Waals surface area (Å²) in [5.41, 5.74) is 5.54. The van der Waals surface area contributed by atoms with E-state index >= 15 is 0 Å². The number of thioether (sulfide) groups is 1. The van der Waals surface area contributed by atoms with Crippen LogP contribution in [0.5, 0.6) is 0 Å². The Morgan fingerprint density at radius 3 is 2.88 bits per heavy atom. The molecule has 0 aliphatic carbocycles. The van der Waals surface area contributed by atoms with Crippen molar-refractivity contribution < 1.29 is 13.9 Å². The first-order valence-corrected chi connectivity index (χ1v) is 6.70. The molecular formula is C11H13BrFNO2S. The Morgan fingerprint density at radius 1 is 1.65 bits per heavy atom. The van der Waals surface area contributed by atoms with Crippen LogP contribution in [0, 0.1) is 5.82 Å². The van der Waals surface area contributed by atoms with Gasteiger partial charge in [-0.3, -0.25) is 4.79 Å². The maximum Gasteiger partial charge on any atom is 0.319 e. The van der Waals surface area contributed by atoms with Gasteiger partial charge in [-0.05, 0) is 41.9 Å². The summed E-state index contributed by atoms with van der Waals surface area (Å²) >= 11 is 4.50. The summed E-state index contributed by atoms with van der Waals surface area (Å²) in [7, 11) is 0. The molecule has 0 bridgehead atoms. The van der Waals surface area contributed by atoms with Crippen LogP contribution in [0.3, 0.4) is 0 Å². The number of hydrogen-bond donors (Lipinski definition) is 1. The zero-order chi connectivity index (χ0) is 13.0. The molecule has 3 nitrogen and oxygen atoms in total. The van der Waals surface area contributed by atoms with Crippen molar-refractivity contribution in [3.63, 3.8) is 0 Å². The lowest BCUT2D eigenvalue weighted by molar-refractivity contribution is -0.142. The number of halogens is 2. The molecule has 0 aliphatic heterocycles. The summed E-state index contributed by atoms with van der Waals surface area (Å²) in [6.07, 6.45) is 0. The standard InChI is InChI=1S/C11H13BrFNO2S/c1-3-16-11(15)6(2)17-10-5-9(14)8(13)4-7(10)12/h4-6H,3,14H2,1-2H3. The van der Waals surface area contributed by atoms with Gasteiger partial charge in [0.2, 0.25) is 0 Å². The molecule has 0 fully saturated rings. The second-order valence-corrected chi connectivity index (χ2v) is 5.55. The van der Waals surface area contributed by atoms with E-state index in [1.54, 1.807) is 13.8 Å². The number of nitrogens with two attached hydrogens (primary N) is 1. The third kappa shape index (κ3) is 3.89. The number of nitrogen functional groups attached to an aromatic ring is 1. The molecule has 0 amide bonds. The van der Waals surface area contributed by atoms with E-state index in [0.29, 0.717) is 16.0 Å². The fourth-order valence-corrected chi connectivity index (χ4v) is 2.64. The predicted molar refractivity (Wildman–Crippen MR) is 70.5 cm³/mol. The fraction of sp³-hybridized carbons (Fsp3) is 0.364. The molecule has 0 spiro atoms. The van der Waals surface area contributed by atoms with Gasteiger partial charge in [-0.25, -0.2) is 4.39 Å². The molecule has 0 saturated heterocycles. The fourth-order valence-electron chi connectivity index (χ4n) is 1.13. The molecule has 1 unspecified atom stereocenters. The first kappa shape index (κ1) is 14.3. The monoisotopic (exact) mass is 321 g/mol. The van der Waals surface area contributed by atoms with Crippen molar-refractivity contribution in [3.05, 3.63) is 22.4 Å². The zero-order valence-electron chi connectivity index (χ0n) is 9.50. The minimum absolute atomic E-state index is 0.0618. The van der Waals surface area contributed by atoms with Gasteiger partial charge in [0.05, 0.1) is 12.3 Å². The minimum atomic E-state index is -0.481. The summed E-state index contributed by atoms with van der Waals surface area (Å²) in [5, 5.41) is -0.365. The van der Waals surface area contributed by atoms with E-state index in [0.717, 1.165) is 0 Å². The lowest BCUT2D eigenvalue weighted by Crippen LogP contribution is -2.16. The number of carbonyl (C=O) groups is 1. The Kier molecular flexibility index (Phi) is 5.27. The highest BCUT2D eigenvalue weighted by molar-refractivity contribution is 9.10. The maximum absolute atomic E-state index is 13.1. The van der Waals surface area contributed by atoms with E-state index in [9.17, 15) is 9.18 Å². The van der Waals surface area contributed by atoms with Crippen LogP contribution in [-0.4, -0.2) is 17.8 Å². The van der Waals surface area contributed by atoms with Gasteiger partial charge in [-0.2, -0.15) is 0 Å². The smallest absolute Gasteiger partial charge is 0.319 e. The number of rotatable bonds is 4. The van der Waals surface area contributed by atoms with Crippen LogP contribution >= 0.6 is 27.7 Å². The topological polar surface area (TPSA) is 52.3 Å². The van der Waals surface area contributed by atoms with Gasteiger partial charge in [-0.15, -0.1) is 11.8 Å². The summed E-state index contributed by atoms with van der Waals surface area (Å²) < 4.78 is 18.6. The predicted octanol–water partition coefficient (Wildman–Crippen LogP) is 3.21. The van der Waals surface area contributed by atoms with E-state index in [1.807, 2.05) is 0 Å². The molecule has 2 N–H and O–H groups in total. The zero-order valence-corrected chi connectivity index (χ0v) is 11.9. The van der Waals surface area contributed by atoms with Gasteiger partial charge in [0.25, 0.3) is 0 Å². The lowest BCUT2D eigenvalue weighted by atomic mass is 10.3. The largest absolute Gasteiger partial charge is 0.465 e. The summed E-state index contributed by atoms with van der Waals surface area (Å²) in [6.45, 7) is 3.83. The molecule has 17 heavy (non-hydrogen) atoms. The molecule has 0 saturated carbocycles. The highest BCUT2D eigenvalue weighted by Crippen LogP contribution is 2.33. The Balaban J connectivity index is 2.81. The van der Waals surface area contributed by atoms with Crippen molar-refractivity contribution in [2.75, 3.05) is 12.3 Å². The van der Waals surface area contributed by atoms with Crippen LogP contribution in [-0.2, 0) is 9.53 Å².